The molecule has 1 aliphatic carbocycles. The van der Waals surface area contributed by atoms with Crippen LogP contribution in [-0.4, -0.2) is 28.7 Å². The molecule has 3 atom stereocenters. The first-order chi connectivity index (χ1) is 13.3. The summed E-state index contributed by atoms with van der Waals surface area (Å²) in [4.78, 5) is 21.1. The molecule has 1 aromatic carbocycles. The molecular weight excluding hydrogens is 391 g/mol. The van der Waals surface area contributed by atoms with Crippen LogP contribution in [0.1, 0.15) is 36.0 Å². The van der Waals surface area contributed by atoms with Crippen LogP contribution in [0.5, 0.6) is 5.06 Å². The van der Waals surface area contributed by atoms with Crippen molar-refractivity contribution in [1.29, 1.82) is 0 Å². The van der Waals surface area contributed by atoms with Crippen molar-refractivity contribution in [2.45, 2.75) is 31.5 Å². The number of rotatable bonds is 6. The Balaban J connectivity index is 1.33. The van der Waals surface area contributed by atoms with E-state index in [1.54, 1.807) is 13.0 Å². The number of para-hydroxylation sites is 2. The summed E-state index contributed by atoms with van der Waals surface area (Å²) in [6, 6.07) is 10.6. The molecule has 28 heavy (non-hydrogen) atoms. The van der Waals surface area contributed by atoms with Gasteiger partial charge in [-0.25, -0.2) is 4.98 Å². The molecular formula is C19H18F3N3O2S. The Labute approximate surface area is 162 Å². The molecule has 9 heteroatoms. The number of imidazole rings is 1. The van der Waals surface area contributed by atoms with Crippen LogP contribution < -0.4 is 10.1 Å². The van der Waals surface area contributed by atoms with Gasteiger partial charge in [-0.1, -0.05) is 12.1 Å². The van der Waals surface area contributed by atoms with E-state index in [1.165, 1.54) is 6.07 Å². The van der Waals surface area contributed by atoms with E-state index < -0.39 is 12.8 Å². The fourth-order valence-corrected chi connectivity index (χ4v) is 3.98. The summed E-state index contributed by atoms with van der Waals surface area (Å²) in [7, 11) is 0. The second kappa shape index (κ2) is 7.12. The Morgan fingerprint density at radius 2 is 2.14 bits per heavy atom. The predicted octanol–water partition coefficient (Wildman–Crippen LogP) is 4.55. The quantitative estimate of drug-likeness (QED) is 0.628. The molecule has 0 radical (unpaired) electrons. The van der Waals surface area contributed by atoms with Gasteiger partial charge < -0.3 is 15.0 Å². The lowest BCUT2D eigenvalue weighted by Crippen LogP contribution is -2.28. The largest absolute Gasteiger partial charge is 0.475 e. The Hall–Kier alpha value is -2.55. The average Bonchev–Trinajstić information content (AvgIpc) is 3.11. The van der Waals surface area contributed by atoms with E-state index in [-0.39, 0.29) is 28.8 Å². The number of nitrogens with zero attached hydrogens (tertiary/aromatic N) is 1. The van der Waals surface area contributed by atoms with Gasteiger partial charge in [0.25, 0.3) is 0 Å². The van der Waals surface area contributed by atoms with Gasteiger partial charge in [0.05, 0.1) is 17.1 Å². The van der Waals surface area contributed by atoms with Crippen molar-refractivity contribution < 1.29 is 22.7 Å². The number of alkyl halides is 3. The Morgan fingerprint density at radius 1 is 1.36 bits per heavy atom. The molecule has 0 aliphatic heterocycles. The van der Waals surface area contributed by atoms with Crippen LogP contribution in [0.4, 0.5) is 13.2 Å². The van der Waals surface area contributed by atoms with Crippen molar-refractivity contribution in [3.63, 3.8) is 0 Å². The fourth-order valence-electron chi connectivity index (χ4n) is 3.12. The van der Waals surface area contributed by atoms with Crippen molar-refractivity contribution in [3.05, 3.63) is 47.1 Å². The first kappa shape index (κ1) is 18.8. The van der Waals surface area contributed by atoms with Crippen molar-refractivity contribution >= 4 is 28.3 Å². The number of carbonyl (C=O) groups is 1. The average molecular weight is 409 g/mol. The van der Waals surface area contributed by atoms with Crippen molar-refractivity contribution in [2.24, 2.45) is 5.92 Å². The van der Waals surface area contributed by atoms with Crippen LogP contribution in [0.15, 0.2) is 36.4 Å². The Morgan fingerprint density at radius 3 is 2.89 bits per heavy atom. The zero-order chi connectivity index (χ0) is 19.9. The molecule has 1 amide bonds. The summed E-state index contributed by atoms with van der Waals surface area (Å²) in [6.45, 7) is 0.477. The minimum absolute atomic E-state index is 0.0635. The van der Waals surface area contributed by atoms with E-state index >= 15 is 0 Å². The summed E-state index contributed by atoms with van der Waals surface area (Å²) in [5, 5.41) is 3.11. The van der Waals surface area contributed by atoms with Crippen LogP contribution in [0, 0.1) is 5.92 Å². The van der Waals surface area contributed by atoms with E-state index in [0.29, 0.717) is 0 Å². The molecule has 0 spiro atoms. The molecule has 1 saturated carbocycles. The highest BCUT2D eigenvalue weighted by Gasteiger charge is 2.46. The maximum atomic E-state index is 12.5. The lowest BCUT2D eigenvalue weighted by molar-refractivity contribution is -0.152. The van der Waals surface area contributed by atoms with Crippen molar-refractivity contribution in [3.8, 4) is 5.06 Å². The molecule has 1 unspecified atom stereocenters. The zero-order valence-electron chi connectivity index (χ0n) is 14.9. The second-order valence-corrected chi connectivity index (χ2v) is 7.96. The third-order valence-electron chi connectivity index (χ3n) is 4.65. The lowest BCUT2D eigenvalue weighted by atomic mass is 10.2. The van der Waals surface area contributed by atoms with Gasteiger partial charge in [-0.2, -0.15) is 13.2 Å². The molecule has 3 aromatic rings. The summed E-state index contributed by atoms with van der Waals surface area (Å²) < 4.78 is 41.4. The van der Waals surface area contributed by atoms with E-state index in [0.717, 1.165) is 39.5 Å². The Kier molecular flexibility index (Phi) is 4.78. The standard InChI is InChI=1S/C19H18F3N3O2S/c1-10(15-6-7-16(28-15)27-9-19(20,21)22)23-18(26)12-8-11(12)17-24-13-4-2-3-5-14(13)25-17/h2-7,10-12H,8-9H2,1H3,(H,23,26)(H,24,25)/t10?,11-,12-/m1/s1. The number of hydrogen-bond donors (Lipinski definition) is 2. The van der Waals surface area contributed by atoms with Gasteiger partial charge in [0.1, 0.15) is 5.82 Å². The molecule has 5 nitrogen and oxygen atoms in total. The number of carbonyl (C=O) groups excluding carboxylic acids is 1. The third kappa shape index (κ3) is 4.14. The molecule has 0 saturated heterocycles. The van der Waals surface area contributed by atoms with Gasteiger partial charge in [-0.15, -0.1) is 11.3 Å². The van der Waals surface area contributed by atoms with Crippen LogP contribution in [0.25, 0.3) is 11.0 Å². The number of halogens is 3. The van der Waals surface area contributed by atoms with E-state index in [2.05, 4.69) is 15.3 Å². The first-order valence-electron chi connectivity index (χ1n) is 8.84. The van der Waals surface area contributed by atoms with Crippen LogP contribution in [-0.2, 0) is 4.79 Å². The molecule has 2 aromatic heterocycles. The lowest BCUT2D eigenvalue weighted by Gasteiger charge is -2.12. The minimum atomic E-state index is -4.37. The summed E-state index contributed by atoms with van der Waals surface area (Å²) >= 11 is 1.10. The molecule has 4 rings (SSSR count). The smallest absolute Gasteiger partial charge is 0.422 e. The second-order valence-electron chi connectivity index (χ2n) is 6.88. The van der Waals surface area contributed by atoms with Gasteiger partial charge in [-0.05, 0) is 37.6 Å². The van der Waals surface area contributed by atoms with Crippen molar-refractivity contribution in [2.75, 3.05) is 6.61 Å². The summed E-state index contributed by atoms with van der Waals surface area (Å²) in [6.07, 6.45) is -3.65. The predicted molar refractivity (Wildman–Crippen MR) is 99.4 cm³/mol. The summed E-state index contributed by atoms with van der Waals surface area (Å²) in [5.41, 5.74) is 1.82. The number of hydrogen-bond acceptors (Lipinski definition) is 4. The summed E-state index contributed by atoms with van der Waals surface area (Å²) in [5.74, 6) is 0.648. The number of benzene rings is 1. The number of nitrogens with one attached hydrogen (secondary N) is 2. The van der Waals surface area contributed by atoms with Crippen LogP contribution in [0.2, 0.25) is 0 Å². The Bertz CT molecular complexity index is 965. The minimum Gasteiger partial charge on any atom is -0.475 e. The first-order valence-corrected chi connectivity index (χ1v) is 9.66. The highest BCUT2D eigenvalue weighted by Crippen LogP contribution is 2.47. The van der Waals surface area contributed by atoms with E-state index in [1.807, 2.05) is 24.3 Å². The number of thiophene rings is 1. The number of aromatic amines is 1. The van der Waals surface area contributed by atoms with Crippen molar-refractivity contribution in [1.82, 2.24) is 15.3 Å². The van der Waals surface area contributed by atoms with Gasteiger partial charge in [0.2, 0.25) is 5.91 Å². The number of ether oxygens (including phenoxy) is 1. The van der Waals surface area contributed by atoms with E-state index in [9.17, 15) is 18.0 Å². The number of amides is 1. The van der Waals surface area contributed by atoms with Gasteiger partial charge in [0, 0.05) is 16.7 Å². The normalized spacial score (nSPS) is 20.1. The van der Waals surface area contributed by atoms with Gasteiger partial charge in [0.15, 0.2) is 11.7 Å². The zero-order valence-corrected chi connectivity index (χ0v) is 15.7. The SMILES string of the molecule is CC(NC(=O)[C@@H]1C[C@H]1c1nc2ccccc2[nH]1)c1ccc(OCC(F)(F)F)s1. The number of aromatic nitrogens is 2. The molecule has 2 heterocycles. The van der Waals surface area contributed by atoms with Crippen LogP contribution in [0.3, 0.4) is 0 Å². The molecule has 148 valence electrons. The molecule has 1 fully saturated rings. The highest BCUT2D eigenvalue weighted by molar-refractivity contribution is 7.13. The molecule has 1 aliphatic rings. The fraction of sp³-hybridized carbons (Fsp3) is 0.368. The highest BCUT2D eigenvalue weighted by atomic mass is 32.1. The topological polar surface area (TPSA) is 67.0 Å². The van der Waals surface area contributed by atoms with Gasteiger partial charge >= 0.3 is 6.18 Å². The van der Waals surface area contributed by atoms with Crippen LogP contribution >= 0.6 is 11.3 Å². The maximum absolute atomic E-state index is 12.5. The third-order valence-corrected chi connectivity index (χ3v) is 5.83. The van der Waals surface area contributed by atoms with Gasteiger partial charge in [-0.3, -0.25) is 4.79 Å². The molecule has 0 bridgehead atoms. The monoisotopic (exact) mass is 409 g/mol. The number of H-pyrrole nitrogens is 1. The van der Waals surface area contributed by atoms with E-state index in [4.69, 9.17) is 4.74 Å². The molecule has 2 N–H and O–H groups in total. The number of fused-ring (bicyclic) bond motifs is 1. The maximum Gasteiger partial charge on any atom is 0.422 e.